The van der Waals surface area contributed by atoms with Crippen molar-refractivity contribution < 1.29 is 4.74 Å². The van der Waals surface area contributed by atoms with Crippen LogP contribution in [0.4, 0.5) is 0 Å². The molecule has 0 amide bonds. The highest BCUT2D eigenvalue weighted by Gasteiger charge is 2.18. The molecule has 0 saturated heterocycles. The second kappa shape index (κ2) is 4.67. The molecule has 0 saturated carbocycles. The van der Waals surface area contributed by atoms with Crippen molar-refractivity contribution in [2.75, 3.05) is 13.7 Å². The predicted molar refractivity (Wildman–Crippen MR) is 62.3 cm³/mol. The van der Waals surface area contributed by atoms with Crippen LogP contribution in [-0.4, -0.2) is 13.7 Å². The Morgan fingerprint density at radius 1 is 1.47 bits per heavy atom. The minimum Gasteiger partial charge on any atom is -0.493 e. The molecule has 0 aliphatic carbocycles. The fourth-order valence-electron chi connectivity index (χ4n) is 2.15. The van der Waals surface area contributed by atoms with Crippen LogP contribution < -0.4 is 10.1 Å². The van der Waals surface area contributed by atoms with Gasteiger partial charge < -0.3 is 10.1 Å². The van der Waals surface area contributed by atoms with Gasteiger partial charge >= 0.3 is 0 Å². The Kier molecular flexibility index (Phi) is 3.27. The van der Waals surface area contributed by atoms with Crippen molar-refractivity contribution in [3.05, 3.63) is 29.3 Å². The van der Waals surface area contributed by atoms with E-state index in [0.29, 0.717) is 6.04 Å². The van der Waals surface area contributed by atoms with Gasteiger partial charge in [-0.1, -0.05) is 19.1 Å². The van der Waals surface area contributed by atoms with Crippen LogP contribution in [0.1, 0.15) is 36.9 Å². The first-order chi connectivity index (χ1) is 7.35. The van der Waals surface area contributed by atoms with Crippen LogP contribution in [0.15, 0.2) is 18.2 Å². The van der Waals surface area contributed by atoms with Gasteiger partial charge in [0.15, 0.2) is 0 Å². The molecule has 1 aromatic carbocycles. The summed E-state index contributed by atoms with van der Waals surface area (Å²) in [7, 11) is 2.03. The van der Waals surface area contributed by atoms with Gasteiger partial charge in [-0.3, -0.25) is 0 Å². The fourth-order valence-corrected chi connectivity index (χ4v) is 2.15. The van der Waals surface area contributed by atoms with E-state index in [9.17, 15) is 0 Å². The minimum absolute atomic E-state index is 0.453. The Labute approximate surface area is 91.6 Å². The summed E-state index contributed by atoms with van der Waals surface area (Å²) in [5.74, 6) is 1.06. The van der Waals surface area contributed by atoms with E-state index in [1.165, 1.54) is 11.1 Å². The molecule has 1 aliphatic heterocycles. The minimum atomic E-state index is 0.453. The quantitative estimate of drug-likeness (QED) is 0.801. The number of ether oxygens (including phenoxy) is 1. The van der Waals surface area contributed by atoms with E-state index < -0.39 is 0 Å². The Balaban J connectivity index is 2.38. The zero-order chi connectivity index (χ0) is 10.7. The van der Waals surface area contributed by atoms with E-state index in [2.05, 4.69) is 30.4 Å². The molecule has 82 valence electrons. The van der Waals surface area contributed by atoms with Crippen molar-refractivity contribution in [3.63, 3.8) is 0 Å². The smallest absolute Gasteiger partial charge is 0.124 e. The molecule has 1 N–H and O–H groups in total. The van der Waals surface area contributed by atoms with Gasteiger partial charge in [0.05, 0.1) is 6.61 Å². The average Bonchev–Trinajstić information content (AvgIpc) is 2.49. The van der Waals surface area contributed by atoms with Crippen molar-refractivity contribution in [3.8, 4) is 5.75 Å². The Morgan fingerprint density at radius 3 is 3.07 bits per heavy atom. The normalized spacial score (nSPS) is 20.3. The van der Waals surface area contributed by atoms with E-state index in [-0.39, 0.29) is 0 Å². The van der Waals surface area contributed by atoms with Gasteiger partial charge in [0, 0.05) is 11.6 Å². The van der Waals surface area contributed by atoms with Gasteiger partial charge in [-0.15, -0.1) is 0 Å². The van der Waals surface area contributed by atoms with Crippen molar-refractivity contribution in [2.45, 2.75) is 32.2 Å². The summed E-state index contributed by atoms with van der Waals surface area (Å²) in [6, 6.07) is 7.01. The highest BCUT2D eigenvalue weighted by molar-refractivity contribution is 5.40. The van der Waals surface area contributed by atoms with E-state index in [4.69, 9.17) is 4.74 Å². The van der Waals surface area contributed by atoms with E-state index in [1.807, 2.05) is 7.05 Å². The summed E-state index contributed by atoms with van der Waals surface area (Å²) >= 11 is 0. The third-order valence-corrected chi connectivity index (χ3v) is 3.10. The molecule has 0 radical (unpaired) electrons. The SMILES string of the molecule is CCc1ccc2c(c1)C(NC)CCCO2. The Bertz CT molecular complexity index is 335. The molecule has 2 rings (SSSR count). The number of rotatable bonds is 2. The van der Waals surface area contributed by atoms with Crippen LogP contribution in [0.2, 0.25) is 0 Å². The second-order valence-corrected chi connectivity index (χ2v) is 4.06. The van der Waals surface area contributed by atoms with Gasteiger partial charge in [-0.2, -0.15) is 0 Å². The molecule has 1 aromatic rings. The molecule has 1 unspecified atom stereocenters. The molecule has 15 heavy (non-hydrogen) atoms. The third kappa shape index (κ3) is 2.15. The topological polar surface area (TPSA) is 21.3 Å². The van der Waals surface area contributed by atoms with Crippen molar-refractivity contribution in [1.82, 2.24) is 5.32 Å². The molecule has 2 heteroatoms. The lowest BCUT2D eigenvalue weighted by Crippen LogP contribution is -2.15. The third-order valence-electron chi connectivity index (χ3n) is 3.10. The molecule has 0 fully saturated rings. The first kappa shape index (κ1) is 10.5. The lowest BCUT2D eigenvalue weighted by molar-refractivity contribution is 0.315. The number of nitrogens with one attached hydrogen (secondary N) is 1. The maximum atomic E-state index is 5.74. The molecule has 1 heterocycles. The van der Waals surface area contributed by atoms with E-state index >= 15 is 0 Å². The van der Waals surface area contributed by atoms with E-state index in [1.54, 1.807) is 0 Å². The average molecular weight is 205 g/mol. The van der Waals surface area contributed by atoms with Gasteiger partial charge in [0.25, 0.3) is 0 Å². The van der Waals surface area contributed by atoms with Gasteiger partial charge in [0.1, 0.15) is 5.75 Å². The van der Waals surface area contributed by atoms with Crippen molar-refractivity contribution >= 4 is 0 Å². The van der Waals surface area contributed by atoms with Crippen molar-refractivity contribution in [2.24, 2.45) is 0 Å². The molecular weight excluding hydrogens is 186 g/mol. The number of hydrogen-bond acceptors (Lipinski definition) is 2. The summed E-state index contributed by atoms with van der Waals surface area (Å²) in [5.41, 5.74) is 2.72. The van der Waals surface area contributed by atoms with Crippen LogP contribution in [0.25, 0.3) is 0 Å². The molecule has 1 atom stereocenters. The highest BCUT2D eigenvalue weighted by Crippen LogP contribution is 2.32. The second-order valence-electron chi connectivity index (χ2n) is 4.06. The van der Waals surface area contributed by atoms with Crippen LogP contribution >= 0.6 is 0 Å². The first-order valence-corrected chi connectivity index (χ1v) is 5.78. The monoisotopic (exact) mass is 205 g/mol. The lowest BCUT2D eigenvalue weighted by atomic mass is 9.99. The molecule has 1 aliphatic rings. The number of benzene rings is 1. The highest BCUT2D eigenvalue weighted by atomic mass is 16.5. The lowest BCUT2D eigenvalue weighted by Gasteiger charge is -2.16. The summed E-state index contributed by atoms with van der Waals surface area (Å²) < 4.78 is 5.74. The Morgan fingerprint density at radius 2 is 2.33 bits per heavy atom. The van der Waals surface area contributed by atoms with Crippen molar-refractivity contribution in [1.29, 1.82) is 0 Å². The first-order valence-electron chi connectivity index (χ1n) is 5.78. The van der Waals surface area contributed by atoms with Crippen LogP contribution in [-0.2, 0) is 6.42 Å². The van der Waals surface area contributed by atoms with Crippen LogP contribution in [0.3, 0.4) is 0 Å². The molecule has 0 spiro atoms. The Hall–Kier alpha value is -1.02. The van der Waals surface area contributed by atoms with Gasteiger partial charge in [0.2, 0.25) is 0 Å². The largest absolute Gasteiger partial charge is 0.493 e. The van der Waals surface area contributed by atoms with Gasteiger partial charge in [-0.25, -0.2) is 0 Å². The number of hydrogen-bond donors (Lipinski definition) is 1. The summed E-state index contributed by atoms with van der Waals surface area (Å²) in [6.07, 6.45) is 3.38. The number of aryl methyl sites for hydroxylation is 1. The van der Waals surface area contributed by atoms with Gasteiger partial charge in [-0.05, 0) is 37.9 Å². The molecule has 2 nitrogen and oxygen atoms in total. The molecule has 0 bridgehead atoms. The summed E-state index contributed by atoms with van der Waals surface area (Å²) in [5, 5.41) is 3.37. The standard InChI is InChI=1S/C13H19NO/c1-3-10-6-7-13-11(9-10)12(14-2)5-4-8-15-13/h6-7,9,12,14H,3-5,8H2,1-2H3. The predicted octanol–water partition coefficient (Wildman–Crippen LogP) is 2.68. The zero-order valence-electron chi connectivity index (χ0n) is 9.55. The van der Waals surface area contributed by atoms with E-state index in [0.717, 1.165) is 31.6 Å². The molecular formula is C13H19NO. The summed E-state index contributed by atoms with van der Waals surface area (Å²) in [6.45, 7) is 3.03. The van der Waals surface area contributed by atoms with Crippen LogP contribution in [0.5, 0.6) is 5.75 Å². The zero-order valence-corrected chi connectivity index (χ0v) is 9.55. The maximum Gasteiger partial charge on any atom is 0.124 e. The number of fused-ring (bicyclic) bond motifs is 1. The fraction of sp³-hybridized carbons (Fsp3) is 0.538. The summed E-state index contributed by atoms with van der Waals surface area (Å²) in [4.78, 5) is 0. The molecule has 0 aromatic heterocycles. The van der Waals surface area contributed by atoms with Crippen LogP contribution in [0, 0.1) is 0 Å². The maximum absolute atomic E-state index is 5.74.